The quantitative estimate of drug-likeness (QED) is 0.747. The van der Waals surface area contributed by atoms with Crippen LogP contribution in [0.5, 0.6) is 0 Å². The Balaban J connectivity index is 2.10. The molecule has 0 atom stereocenters. The number of hydrogen-bond donors (Lipinski definition) is 1. The van der Waals surface area contributed by atoms with E-state index in [4.69, 9.17) is 14.7 Å². The van der Waals surface area contributed by atoms with E-state index in [1.165, 1.54) is 0 Å². The Morgan fingerprint density at radius 1 is 1.22 bits per heavy atom. The second-order valence-corrected chi connectivity index (χ2v) is 4.50. The zero-order valence-corrected chi connectivity index (χ0v) is 10.2. The average Bonchev–Trinajstić information content (AvgIpc) is 2.93. The molecule has 2 heterocycles. The lowest BCUT2D eigenvalue weighted by Gasteiger charge is -1.93. The van der Waals surface area contributed by atoms with Crippen molar-refractivity contribution in [1.82, 2.24) is 10.1 Å². The van der Waals surface area contributed by atoms with E-state index in [0.29, 0.717) is 11.6 Å². The lowest BCUT2D eigenvalue weighted by atomic mass is 10.1. The number of benzene rings is 1. The molecule has 0 aliphatic carbocycles. The molecule has 3 rings (SSSR count). The van der Waals surface area contributed by atoms with Crippen molar-refractivity contribution in [1.29, 1.82) is 0 Å². The zero-order valence-electron chi connectivity index (χ0n) is 10.2. The van der Waals surface area contributed by atoms with Crippen molar-refractivity contribution in [2.45, 2.75) is 19.8 Å². The number of nitrogen functional groups attached to an aromatic ring is 1. The summed E-state index contributed by atoms with van der Waals surface area (Å²) in [6.07, 6.45) is 0. The summed E-state index contributed by atoms with van der Waals surface area (Å²) in [6, 6.07) is 7.40. The summed E-state index contributed by atoms with van der Waals surface area (Å²) < 4.78 is 10.5. The molecule has 0 aliphatic heterocycles. The summed E-state index contributed by atoms with van der Waals surface area (Å²) in [4.78, 5) is 4.45. The minimum Gasteiger partial charge on any atom is -0.440 e. The molecule has 5 nitrogen and oxygen atoms in total. The Morgan fingerprint density at radius 3 is 2.72 bits per heavy atom. The van der Waals surface area contributed by atoms with Crippen molar-refractivity contribution in [3.8, 4) is 11.3 Å². The molecular formula is C13H13N3O2. The van der Waals surface area contributed by atoms with Crippen LogP contribution in [0, 0.1) is 0 Å². The van der Waals surface area contributed by atoms with Crippen molar-refractivity contribution in [2.24, 2.45) is 0 Å². The van der Waals surface area contributed by atoms with Gasteiger partial charge in [-0.25, -0.2) is 4.98 Å². The van der Waals surface area contributed by atoms with Crippen LogP contribution in [0.3, 0.4) is 0 Å². The summed E-state index contributed by atoms with van der Waals surface area (Å²) in [5, 5.41) is 3.88. The largest absolute Gasteiger partial charge is 0.440 e. The maximum Gasteiger partial charge on any atom is 0.222 e. The van der Waals surface area contributed by atoms with Gasteiger partial charge in [-0.3, -0.25) is 0 Å². The number of aromatic nitrogens is 2. The van der Waals surface area contributed by atoms with Gasteiger partial charge in [0.05, 0.1) is 0 Å². The van der Waals surface area contributed by atoms with Crippen LogP contribution in [0.4, 0.5) is 5.88 Å². The van der Waals surface area contributed by atoms with Crippen molar-refractivity contribution >= 4 is 17.0 Å². The zero-order chi connectivity index (χ0) is 12.7. The molecule has 0 saturated carbocycles. The van der Waals surface area contributed by atoms with Crippen LogP contribution in [0.1, 0.15) is 25.7 Å². The molecule has 1 aromatic carbocycles. The van der Waals surface area contributed by atoms with E-state index >= 15 is 0 Å². The van der Waals surface area contributed by atoms with Gasteiger partial charge in [-0.15, -0.1) is 0 Å². The summed E-state index contributed by atoms with van der Waals surface area (Å²) in [5.41, 5.74) is 8.71. The molecule has 0 spiro atoms. The lowest BCUT2D eigenvalue weighted by Crippen LogP contribution is -1.84. The van der Waals surface area contributed by atoms with Gasteiger partial charge in [0, 0.05) is 17.5 Å². The minimum atomic E-state index is 0.267. The molecule has 92 valence electrons. The fourth-order valence-electron chi connectivity index (χ4n) is 1.78. The maximum absolute atomic E-state index is 5.65. The molecule has 2 aromatic heterocycles. The number of hydrogen-bond acceptors (Lipinski definition) is 5. The number of anilines is 1. The first-order valence-corrected chi connectivity index (χ1v) is 5.76. The van der Waals surface area contributed by atoms with Gasteiger partial charge in [0.2, 0.25) is 5.88 Å². The Kier molecular flexibility index (Phi) is 2.33. The van der Waals surface area contributed by atoms with Crippen LogP contribution in [-0.4, -0.2) is 10.1 Å². The maximum atomic E-state index is 5.65. The predicted octanol–water partition coefficient (Wildman–Crippen LogP) is 3.19. The van der Waals surface area contributed by atoms with Crippen LogP contribution in [0.2, 0.25) is 0 Å². The van der Waals surface area contributed by atoms with Gasteiger partial charge >= 0.3 is 0 Å². The molecule has 0 fully saturated rings. The van der Waals surface area contributed by atoms with E-state index in [1.54, 1.807) is 6.07 Å². The SMILES string of the molecule is CC(C)c1nc2cc(-c3cc(N)on3)ccc2o1. The Morgan fingerprint density at radius 2 is 2.06 bits per heavy atom. The smallest absolute Gasteiger partial charge is 0.222 e. The highest BCUT2D eigenvalue weighted by atomic mass is 16.5. The molecule has 2 N–H and O–H groups in total. The molecule has 0 bridgehead atoms. The second-order valence-electron chi connectivity index (χ2n) is 4.50. The third-order valence-corrected chi connectivity index (χ3v) is 2.72. The topological polar surface area (TPSA) is 78.1 Å². The number of oxazole rings is 1. The van der Waals surface area contributed by atoms with E-state index in [9.17, 15) is 0 Å². The lowest BCUT2D eigenvalue weighted by molar-refractivity contribution is 0.439. The molecule has 0 saturated heterocycles. The van der Waals surface area contributed by atoms with Gasteiger partial charge in [-0.1, -0.05) is 19.0 Å². The standard InChI is InChI=1S/C13H13N3O2/c1-7(2)13-15-10-5-8(3-4-11(10)17-13)9-6-12(14)18-16-9/h3-7H,14H2,1-2H3. The highest BCUT2D eigenvalue weighted by Crippen LogP contribution is 2.26. The van der Waals surface area contributed by atoms with Gasteiger partial charge in [-0.2, -0.15) is 0 Å². The summed E-state index contributed by atoms with van der Waals surface area (Å²) in [7, 11) is 0. The van der Waals surface area contributed by atoms with Crippen LogP contribution in [0.25, 0.3) is 22.4 Å². The van der Waals surface area contributed by atoms with Gasteiger partial charge in [0.15, 0.2) is 11.5 Å². The van der Waals surface area contributed by atoms with Crippen LogP contribution in [-0.2, 0) is 0 Å². The Hall–Kier alpha value is -2.30. The molecule has 3 aromatic rings. The number of fused-ring (bicyclic) bond motifs is 1. The summed E-state index contributed by atoms with van der Waals surface area (Å²) in [6.45, 7) is 4.09. The van der Waals surface area contributed by atoms with Crippen molar-refractivity contribution in [3.05, 3.63) is 30.2 Å². The highest BCUT2D eigenvalue weighted by molar-refractivity contribution is 5.79. The van der Waals surface area contributed by atoms with Crippen molar-refractivity contribution < 1.29 is 8.94 Å². The fourth-order valence-corrected chi connectivity index (χ4v) is 1.78. The summed E-state index contributed by atoms with van der Waals surface area (Å²) >= 11 is 0. The Labute approximate surface area is 104 Å². The number of rotatable bonds is 2. The summed E-state index contributed by atoms with van der Waals surface area (Å²) in [5.74, 6) is 1.30. The monoisotopic (exact) mass is 243 g/mol. The van der Waals surface area contributed by atoms with Crippen LogP contribution >= 0.6 is 0 Å². The average molecular weight is 243 g/mol. The van der Waals surface area contributed by atoms with Gasteiger partial charge in [0.1, 0.15) is 11.2 Å². The van der Waals surface area contributed by atoms with Crippen molar-refractivity contribution in [3.63, 3.8) is 0 Å². The minimum absolute atomic E-state index is 0.267. The van der Waals surface area contributed by atoms with Crippen molar-refractivity contribution in [2.75, 3.05) is 5.73 Å². The predicted molar refractivity (Wildman–Crippen MR) is 68.0 cm³/mol. The van der Waals surface area contributed by atoms with E-state index in [0.717, 1.165) is 22.6 Å². The van der Waals surface area contributed by atoms with Crippen LogP contribution in [0.15, 0.2) is 33.2 Å². The molecule has 0 amide bonds. The van der Waals surface area contributed by atoms with Gasteiger partial charge in [-0.05, 0) is 18.2 Å². The third-order valence-electron chi connectivity index (χ3n) is 2.72. The van der Waals surface area contributed by atoms with E-state index < -0.39 is 0 Å². The normalized spacial score (nSPS) is 11.5. The van der Waals surface area contributed by atoms with Crippen LogP contribution < -0.4 is 5.73 Å². The first kappa shape index (κ1) is 10.8. The molecule has 0 aliphatic rings. The van der Waals surface area contributed by atoms with E-state index in [2.05, 4.69) is 10.1 Å². The molecule has 18 heavy (non-hydrogen) atoms. The Bertz CT molecular complexity index is 697. The molecule has 0 radical (unpaired) electrons. The number of nitrogens with zero attached hydrogens (tertiary/aromatic N) is 2. The highest BCUT2D eigenvalue weighted by Gasteiger charge is 2.11. The number of nitrogens with two attached hydrogens (primary N) is 1. The van der Waals surface area contributed by atoms with Gasteiger partial charge in [0.25, 0.3) is 0 Å². The fraction of sp³-hybridized carbons (Fsp3) is 0.231. The third kappa shape index (κ3) is 1.73. The second kappa shape index (κ2) is 3.87. The van der Waals surface area contributed by atoms with E-state index in [1.807, 2.05) is 32.0 Å². The first-order valence-electron chi connectivity index (χ1n) is 5.76. The molecule has 0 unspecified atom stereocenters. The van der Waals surface area contributed by atoms with E-state index in [-0.39, 0.29) is 5.92 Å². The first-order chi connectivity index (χ1) is 8.63. The molecular weight excluding hydrogens is 230 g/mol. The molecule has 5 heteroatoms. The van der Waals surface area contributed by atoms with Gasteiger partial charge < -0.3 is 14.7 Å².